The van der Waals surface area contributed by atoms with Gasteiger partial charge in [0, 0.05) is 30.2 Å². The van der Waals surface area contributed by atoms with E-state index >= 15 is 0 Å². The van der Waals surface area contributed by atoms with E-state index in [9.17, 15) is 4.39 Å². The molecule has 0 spiro atoms. The Bertz CT molecular complexity index is 939. The molecule has 1 aromatic carbocycles. The van der Waals surface area contributed by atoms with E-state index in [-0.39, 0.29) is 11.4 Å². The summed E-state index contributed by atoms with van der Waals surface area (Å²) >= 11 is 5.99. The lowest BCUT2D eigenvalue weighted by Crippen LogP contribution is -2.08. The molecule has 0 aliphatic rings. The molecule has 0 fully saturated rings. The number of benzene rings is 1. The van der Waals surface area contributed by atoms with E-state index in [2.05, 4.69) is 20.3 Å². The molecule has 140 valence electrons. The van der Waals surface area contributed by atoms with Crippen molar-refractivity contribution in [2.24, 2.45) is 0 Å². The van der Waals surface area contributed by atoms with Gasteiger partial charge in [0.1, 0.15) is 12.4 Å². The molecule has 0 aliphatic carbocycles. The van der Waals surface area contributed by atoms with E-state index in [0.29, 0.717) is 29.8 Å². The molecule has 0 aliphatic heterocycles. The van der Waals surface area contributed by atoms with Crippen LogP contribution >= 0.6 is 11.6 Å². The lowest BCUT2D eigenvalue weighted by atomic mass is 10.2. The first kappa shape index (κ1) is 19.0. The predicted octanol–water partition coefficient (Wildman–Crippen LogP) is 4.41. The largest absolute Gasteiger partial charge is 0.486 e. The molecule has 3 aromatic rings. The van der Waals surface area contributed by atoms with E-state index in [1.54, 1.807) is 19.5 Å². The maximum atomic E-state index is 14.2. The van der Waals surface area contributed by atoms with E-state index in [4.69, 9.17) is 21.1 Å². The summed E-state index contributed by atoms with van der Waals surface area (Å²) in [6.07, 6.45) is 4.89. The Kier molecular flexibility index (Phi) is 6.16. The van der Waals surface area contributed by atoms with Crippen molar-refractivity contribution in [3.05, 3.63) is 59.3 Å². The molecule has 3 rings (SSSR count). The van der Waals surface area contributed by atoms with Crippen LogP contribution in [0.25, 0.3) is 11.4 Å². The van der Waals surface area contributed by atoms with Crippen molar-refractivity contribution in [3.63, 3.8) is 0 Å². The molecule has 6 nitrogen and oxygen atoms in total. The van der Waals surface area contributed by atoms with Crippen LogP contribution in [0.2, 0.25) is 5.02 Å². The summed E-state index contributed by atoms with van der Waals surface area (Å²) in [6, 6.07) is 6.06. The van der Waals surface area contributed by atoms with Crippen LogP contribution in [0, 0.1) is 12.7 Å². The predicted molar refractivity (Wildman–Crippen MR) is 102 cm³/mol. The highest BCUT2D eigenvalue weighted by molar-refractivity contribution is 6.30. The topological polar surface area (TPSA) is 69.2 Å². The number of pyridine rings is 1. The Morgan fingerprint density at radius 1 is 1.19 bits per heavy atom. The van der Waals surface area contributed by atoms with Crippen molar-refractivity contribution in [1.82, 2.24) is 15.0 Å². The number of methoxy groups -OCH3 is 1. The fraction of sp³-hybridized carbons (Fsp3) is 0.211. The van der Waals surface area contributed by atoms with E-state index in [1.165, 1.54) is 24.4 Å². The third-order valence-electron chi connectivity index (χ3n) is 3.74. The van der Waals surface area contributed by atoms with Gasteiger partial charge < -0.3 is 14.8 Å². The minimum Gasteiger partial charge on any atom is -0.486 e. The van der Waals surface area contributed by atoms with Gasteiger partial charge in [0.15, 0.2) is 17.4 Å². The summed E-state index contributed by atoms with van der Waals surface area (Å²) in [5, 5.41) is 3.60. The highest BCUT2D eigenvalue weighted by Gasteiger charge is 2.14. The zero-order valence-electron chi connectivity index (χ0n) is 14.9. The van der Waals surface area contributed by atoms with Crippen LogP contribution in [0.5, 0.6) is 5.75 Å². The second-order valence-corrected chi connectivity index (χ2v) is 6.12. The standard InChI is InChI=1S/C19H18ClFN4O2/c1-12-10-22-6-5-16(12)24-19-17(27-8-7-26-2)11-23-18(25-19)14-9-13(20)3-4-15(14)21/h3-6,9-11H,7-8H2,1-2H3,(H,22,23,24,25). The summed E-state index contributed by atoms with van der Waals surface area (Å²) < 4.78 is 24.9. The smallest absolute Gasteiger partial charge is 0.180 e. The molecular weight excluding hydrogens is 371 g/mol. The van der Waals surface area contributed by atoms with Crippen LogP contribution < -0.4 is 10.1 Å². The zero-order valence-corrected chi connectivity index (χ0v) is 15.6. The van der Waals surface area contributed by atoms with Crippen LogP contribution in [0.1, 0.15) is 5.56 Å². The van der Waals surface area contributed by atoms with Crippen molar-refractivity contribution in [3.8, 4) is 17.1 Å². The maximum absolute atomic E-state index is 14.2. The Labute approximate surface area is 161 Å². The molecule has 0 amide bonds. The highest BCUT2D eigenvalue weighted by Crippen LogP contribution is 2.30. The van der Waals surface area contributed by atoms with Crippen LogP contribution in [0.15, 0.2) is 42.9 Å². The van der Waals surface area contributed by atoms with Gasteiger partial charge in [-0.15, -0.1) is 0 Å². The lowest BCUT2D eigenvalue weighted by Gasteiger charge is -2.14. The number of rotatable bonds is 7. The van der Waals surface area contributed by atoms with E-state index in [0.717, 1.165) is 11.3 Å². The van der Waals surface area contributed by atoms with Crippen molar-refractivity contribution in [1.29, 1.82) is 0 Å². The van der Waals surface area contributed by atoms with Crippen LogP contribution in [0.3, 0.4) is 0 Å². The Morgan fingerprint density at radius 2 is 2.04 bits per heavy atom. The van der Waals surface area contributed by atoms with Gasteiger partial charge >= 0.3 is 0 Å². The molecule has 0 atom stereocenters. The number of aryl methyl sites for hydroxylation is 1. The van der Waals surface area contributed by atoms with Gasteiger partial charge in [0.2, 0.25) is 0 Å². The summed E-state index contributed by atoms with van der Waals surface area (Å²) in [6.45, 7) is 2.66. The highest BCUT2D eigenvalue weighted by atomic mass is 35.5. The Morgan fingerprint density at radius 3 is 2.81 bits per heavy atom. The number of nitrogens with zero attached hydrogens (tertiary/aromatic N) is 3. The number of anilines is 2. The third-order valence-corrected chi connectivity index (χ3v) is 3.98. The lowest BCUT2D eigenvalue weighted by molar-refractivity contribution is 0.146. The minimum atomic E-state index is -0.460. The SMILES string of the molecule is COCCOc1cnc(-c2cc(Cl)ccc2F)nc1Nc1ccncc1C. The zero-order chi connectivity index (χ0) is 19.2. The summed E-state index contributed by atoms with van der Waals surface area (Å²) in [7, 11) is 1.59. The van der Waals surface area contributed by atoms with E-state index in [1.807, 2.05) is 13.0 Å². The summed E-state index contributed by atoms with van der Waals surface area (Å²) in [4.78, 5) is 12.8. The first-order chi connectivity index (χ1) is 13.1. The Balaban J connectivity index is 2.00. The van der Waals surface area contributed by atoms with Gasteiger partial charge in [-0.3, -0.25) is 4.98 Å². The van der Waals surface area contributed by atoms with Crippen molar-refractivity contribution < 1.29 is 13.9 Å². The van der Waals surface area contributed by atoms with Gasteiger partial charge in [-0.2, -0.15) is 0 Å². The molecule has 0 saturated carbocycles. The van der Waals surface area contributed by atoms with Gasteiger partial charge in [-0.25, -0.2) is 14.4 Å². The fourth-order valence-corrected chi connectivity index (χ4v) is 2.51. The molecule has 2 heterocycles. The molecule has 1 N–H and O–H groups in total. The number of aromatic nitrogens is 3. The number of halogens is 2. The molecule has 2 aromatic heterocycles. The number of nitrogens with one attached hydrogen (secondary N) is 1. The first-order valence-corrected chi connectivity index (χ1v) is 8.58. The molecule has 0 radical (unpaired) electrons. The van der Waals surface area contributed by atoms with Gasteiger partial charge in [-0.1, -0.05) is 11.6 Å². The third kappa shape index (κ3) is 4.69. The normalized spacial score (nSPS) is 10.7. The van der Waals surface area contributed by atoms with E-state index < -0.39 is 5.82 Å². The Hall–Kier alpha value is -2.77. The van der Waals surface area contributed by atoms with Gasteiger partial charge in [0.25, 0.3) is 0 Å². The quantitative estimate of drug-likeness (QED) is 0.605. The molecule has 0 saturated heterocycles. The van der Waals surface area contributed by atoms with Crippen molar-refractivity contribution >= 4 is 23.1 Å². The number of hydrogen-bond donors (Lipinski definition) is 1. The summed E-state index contributed by atoms with van der Waals surface area (Å²) in [5.74, 6) is 0.570. The second kappa shape index (κ2) is 8.75. The fourth-order valence-electron chi connectivity index (χ4n) is 2.34. The molecule has 27 heavy (non-hydrogen) atoms. The molecule has 0 bridgehead atoms. The average Bonchev–Trinajstić information content (AvgIpc) is 2.67. The summed E-state index contributed by atoms with van der Waals surface area (Å²) in [5.41, 5.74) is 1.94. The maximum Gasteiger partial charge on any atom is 0.180 e. The number of ether oxygens (including phenoxy) is 2. The molecule has 0 unspecified atom stereocenters. The monoisotopic (exact) mass is 388 g/mol. The number of hydrogen-bond acceptors (Lipinski definition) is 6. The first-order valence-electron chi connectivity index (χ1n) is 8.20. The minimum absolute atomic E-state index is 0.198. The van der Waals surface area contributed by atoms with Crippen molar-refractivity contribution in [2.75, 3.05) is 25.6 Å². The average molecular weight is 389 g/mol. The second-order valence-electron chi connectivity index (χ2n) is 5.69. The van der Waals surface area contributed by atoms with Crippen molar-refractivity contribution in [2.45, 2.75) is 6.92 Å². The van der Waals surface area contributed by atoms with Gasteiger partial charge in [0.05, 0.1) is 18.4 Å². The molecular formula is C19H18ClFN4O2. The van der Waals surface area contributed by atoms with Crippen LogP contribution in [-0.2, 0) is 4.74 Å². The van der Waals surface area contributed by atoms with Crippen LogP contribution in [-0.4, -0.2) is 35.3 Å². The molecule has 8 heteroatoms. The van der Waals surface area contributed by atoms with Crippen LogP contribution in [0.4, 0.5) is 15.9 Å². The van der Waals surface area contributed by atoms with Gasteiger partial charge in [-0.05, 0) is 36.8 Å².